The number of hydrogen-bond donors (Lipinski definition) is 1. The van der Waals surface area contributed by atoms with Gasteiger partial charge in [-0.15, -0.1) is 0 Å². The van der Waals surface area contributed by atoms with E-state index in [0.29, 0.717) is 30.6 Å². The van der Waals surface area contributed by atoms with E-state index in [1.165, 1.54) is 19.3 Å². The molecular weight excluding hydrogens is 380 g/mol. The van der Waals surface area contributed by atoms with Gasteiger partial charge in [0.15, 0.2) is 6.10 Å². The van der Waals surface area contributed by atoms with Crippen molar-refractivity contribution in [1.29, 1.82) is 0 Å². The Morgan fingerprint density at radius 1 is 1.07 bits per heavy atom. The third-order valence-corrected chi connectivity index (χ3v) is 5.01. The Hall–Kier alpha value is -2.83. The molecule has 162 valence electrons. The summed E-state index contributed by atoms with van der Waals surface area (Å²) in [6, 6.07) is 7.81. The minimum Gasteiger partial charge on any atom is -0.481 e. The van der Waals surface area contributed by atoms with Gasteiger partial charge in [-0.2, -0.15) is 4.98 Å². The minimum atomic E-state index is -0.585. The van der Waals surface area contributed by atoms with Gasteiger partial charge >= 0.3 is 0 Å². The van der Waals surface area contributed by atoms with Gasteiger partial charge in [0.25, 0.3) is 5.91 Å². The van der Waals surface area contributed by atoms with Crippen LogP contribution in [-0.2, 0) is 4.79 Å². The summed E-state index contributed by atoms with van der Waals surface area (Å²) in [7, 11) is 0. The van der Waals surface area contributed by atoms with Crippen molar-refractivity contribution in [1.82, 2.24) is 15.3 Å². The number of nitrogens with one attached hydrogen (secondary N) is 1. The van der Waals surface area contributed by atoms with E-state index in [1.54, 1.807) is 6.92 Å². The fourth-order valence-corrected chi connectivity index (χ4v) is 3.62. The molecule has 0 aliphatic carbocycles. The number of carbonyl (C=O) groups excluding carboxylic acids is 1. The molecule has 1 N–H and O–H groups in total. The molecule has 0 saturated carbocycles. The highest BCUT2D eigenvalue weighted by molar-refractivity contribution is 5.80. The summed E-state index contributed by atoms with van der Waals surface area (Å²) >= 11 is 0. The lowest BCUT2D eigenvalue weighted by Gasteiger charge is -2.28. The number of anilines is 1. The minimum absolute atomic E-state index is 0.175. The third kappa shape index (κ3) is 6.34. The Kier molecular flexibility index (Phi) is 7.49. The van der Waals surface area contributed by atoms with Crippen LogP contribution in [0.3, 0.4) is 0 Å². The fourth-order valence-electron chi connectivity index (χ4n) is 3.62. The molecule has 0 spiro atoms. The highest BCUT2D eigenvalue weighted by Crippen LogP contribution is 2.21. The Bertz CT molecular complexity index is 845. The van der Waals surface area contributed by atoms with Gasteiger partial charge in [0.05, 0.1) is 6.54 Å². The van der Waals surface area contributed by atoms with Crippen molar-refractivity contribution in [2.45, 2.75) is 53.1 Å². The van der Waals surface area contributed by atoms with E-state index in [4.69, 9.17) is 9.47 Å². The van der Waals surface area contributed by atoms with Gasteiger partial charge in [0.1, 0.15) is 24.0 Å². The van der Waals surface area contributed by atoms with Crippen LogP contribution in [0.25, 0.3) is 0 Å². The van der Waals surface area contributed by atoms with Crippen LogP contribution < -0.4 is 19.7 Å². The van der Waals surface area contributed by atoms with E-state index in [2.05, 4.69) is 26.3 Å². The van der Waals surface area contributed by atoms with Crippen LogP contribution in [0.2, 0.25) is 0 Å². The first-order valence-corrected chi connectivity index (χ1v) is 10.7. The van der Waals surface area contributed by atoms with Crippen molar-refractivity contribution < 1.29 is 14.3 Å². The molecule has 3 rings (SSSR count). The average molecular weight is 413 g/mol. The van der Waals surface area contributed by atoms with Crippen LogP contribution >= 0.6 is 0 Å². The standard InChI is InChI=1S/C23H32N4O3/c1-16-12-17(2)14-20(13-16)30-18(3)23(28)24-8-11-29-22-15-21(25-19(4)26-22)27-9-6-5-7-10-27/h12-15,18H,5-11H2,1-4H3,(H,24,28). The summed E-state index contributed by atoms with van der Waals surface area (Å²) in [5.74, 6) is 2.67. The molecule has 1 atom stereocenters. The number of carbonyl (C=O) groups is 1. The Balaban J connectivity index is 1.46. The molecular formula is C23H32N4O3. The molecule has 1 aliphatic rings. The van der Waals surface area contributed by atoms with Gasteiger partial charge < -0.3 is 19.7 Å². The topological polar surface area (TPSA) is 76.6 Å². The van der Waals surface area contributed by atoms with E-state index < -0.39 is 6.10 Å². The summed E-state index contributed by atoms with van der Waals surface area (Å²) < 4.78 is 11.5. The number of nitrogens with zero attached hydrogens (tertiary/aromatic N) is 3. The Morgan fingerprint density at radius 2 is 1.77 bits per heavy atom. The molecule has 1 aromatic heterocycles. The lowest BCUT2D eigenvalue weighted by molar-refractivity contribution is -0.127. The van der Waals surface area contributed by atoms with Crippen molar-refractivity contribution in [3.8, 4) is 11.6 Å². The van der Waals surface area contributed by atoms with E-state index in [1.807, 2.05) is 39.0 Å². The summed E-state index contributed by atoms with van der Waals surface area (Å²) in [5.41, 5.74) is 2.21. The highest BCUT2D eigenvalue weighted by atomic mass is 16.5. The van der Waals surface area contributed by atoms with Crippen molar-refractivity contribution in [3.63, 3.8) is 0 Å². The number of amides is 1. The summed E-state index contributed by atoms with van der Waals surface area (Å²) in [6.45, 7) is 10.4. The Labute approximate surface area is 178 Å². The Morgan fingerprint density at radius 3 is 2.47 bits per heavy atom. The summed E-state index contributed by atoms with van der Waals surface area (Å²) in [4.78, 5) is 23.5. The van der Waals surface area contributed by atoms with Crippen LogP contribution in [0.1, 0.15) is 43.1 Å². The van der Waals surface area contributed by atoms with Crippen LogP contribution in [-0.4, -0.2) is 48.2 Å². The number of rotatable bonds is 8. The zero-order valence-corrected chi connectivity index (χ0v) is 18.4. The molecule has 0 radical (unpaired) electrons. The normalized spacial score (nSPS) is 14.9. The predicted molar refractivity (Wildman–Crippen MR) is 117 cm³/mol. The van der Waals surface area contributed by atoms with Crippen LogP contribution in [0.5, 0.6) is 11.6 Å². The molecule has 1 aromatic carbocycles. The van der Waals surface area contributed by atoms with Crippen molar-refractivity contribution in [2.75, 3.05) is 31.1 Å². The molecule has 1 amide bonds. The molecule has 1 saturated heterocycles. The number of piperidine rings is 1. The van der Waals surface area contributed by atoms with Gasteiger partial charge in [-0.25, -0.2) is 4.98 Å². The lowest BCUT2D eigenvalue weighted by Crippen LogP contribution is -2.38. The number of hydrogen-bond acceptors (Lipinski definition) is 6. The zero-order chi connectivity index (χ0) is 21.5. The van der Waals surface area contributed by atoms with Crippen LogP contribution in [0, 0.1) is 20.8 Å². The van der Waals surface area contributed by atoms with Gasteiger partial charge in [0, 0.05) is 19.2 Å². The summed E-state index contributed by atoms with van der Waals surface area (Å²) in [6.07, 6.45) is 3.06. The molecule has 7 nitrogen and oxygen atoms in total. The molecule has 2 aromatic rings. The molecule has 1 fully saturated rings. The maximum Gasteiger partial charge on any atom is 0.260 e. The van der Waals surface area contributed by atoms with Gasteiger partial charge in [-0.05, 0) is 70.2 Å². The smallest absolute Gasteiger partial charge is 0.260 e. The molecule has 30 heavy (non-hydrogen) atoms. The van der Waals surface area contributed by atoms with Gasteiger partial charge in [-0.3, -0.25) is 4.79 Å². The molecule has 1 aliphatic heterocycles. The van der Waals surface area contributed by atoms with Crippen molar-refractivity contribution in [2.24, 2.45) is 0 Å². The van der Waals surface area contributed by atoms with Crippen molar-refractivity contribution in [3.05, 3.63) is 41.2 Å². The summed E-state index contributed by atoms with van der Waals surface area (Å²) in [5, 5.41) is 2.85. The quantitative estimate of drug-likeness (QED) is 0.670. The van der Waals surface area contributed by atoms with E-state index >= 15 is 0 Å². The second-order valence-corrected chi connectivity index (χ2v) is 7.88. The first-order chi connectivity index (χ1) is 14.4. The first kappa shape index (κ1) is 21.9. The zero-order valence-electron chi connectivity index (χ0n) is 18.4. The van der Waals surface area contributed by atoms with Gasteiger partial charge in [-0.1, -0.05) is 6.07 Å². The molecule has 2 heterocycles. The maximum atomic E-state index is 12.3. The van der Waals surface area contributed by atoms with Crippen LogP contribution in [0.4, 0.5) is 5.82 Å². The number of benzene rings is 1. The van der Waals surface area contributed by atoms with E-state index in [9.17, 15) is 4.79 Å². The molecule has 7 heteroatoms. The number of ether oxygens (including phenoxy) is 2. The second kappa shape index (κ2) is 10.3. The lowest BCUT2D eigenvalue weighted by atomic mass is 10.1. The van der Waals surface area contributed by atoms with Crippen LogP contribution in [0.15, 0.2) is 24.3 Å². The third-order valence-electron chi connectivity index (χ3n) is 5.01. The van der Waals surface area contributed by atoms with E-state index in [0.717, 1.165) is 30.0 Å². The average Bonchev–Trinajstić information content (AvgIpc) is 2.70. The monoisotopic (exact) mass is 412 g/mol. The predicted octanol–water partition coefficient (Wildman–Crippen LogP) is 3.35. The number of aromatic nitrogens is 2. The first-order valence-electron chi connectivity index (χ1n) is 10.7. The number of aryl methyl sites for hydroxylation is 3. The fraction of sp³-hybridized carbons (Fsp3) is 0.522. The maximum absolute atomic E-state index is 12.3. The van der Waals surface area contributed by atoms with Crippen molar-refractivity contribution >= 4 is 11.7 Å². The SMILES string of the molecule is Cc1cc(C)cc(OC(C)C(=O)NCCOc2cc(N3CCCCC3)nc(C)n2)c1. The van der Waals surface area contributed by atoms with Gasteiger partial charge in [0.2, 0.25) is 5.88 Å². The molecule has 0 bridgehead atoms. The second-order valence-electron chi connectivity index (χ2n) is 7.88. The largest absolute Gasteiger partial charge is 0.481 e. The highest BCUT2D eigenvalue weighted by Gasteiger charge is 2.16. The molecule has 1 unspecified atom stereocenters. The van der Waals surface area contributed by atoms with E-state index in [-0.39, 0.29) is 5.91 Å².